The van der Waals surface area contributed by atoms with Crippen molar-refractivity contribution in [3.8, 4) is 11.5 Å². The number of benzene rings is 2. The van der Waals surface area contributed by atoms with Crippen molar-refractivity contribution >= 4 is 32.6 Å². The summed E-state index contributed by atoms with van der Waals surface area (Å²) in [7, 11) is 3.16. The molecule has 1 aromatic heterocycles. The number of ether oxygens (including phenoxy) is 3. The summed E-state index contributed by atoms with van der Waals surface area (Å²) in [5, 5.41) is 0.695. The smallest absolute Gasteiger partial charge is 0.260 e. The third-order valence-corrected chi connectivity index (χ3v) is 6.39. The molecule has 8 heteroatoms. The molecule has 0 spiro atoms. The molecule has 2 aromatic carbocycles. The number of rotatable bonds is 7. The van der Waals surface area contributed by atoms with E-state index in [0.29, 0.717) is 28.7 Å². The van der Waals surface area contributed by atoms with E-state index in [9.17, 15) is 4.79 Å². The molecule has 31 heavy (non-hydrogen) atoms. The van der Waals surface area contributed by atoms with Crippen LogP contribution in [0.4, 0.5) is 5.13 Å². The molecule has 164 valence electrons. The normalized spacial score (nSPS) is 14.5. The number of amides is 1. The molecule has 1 aliphatic heterocycles. The first-order valence-corrected chi connectivity index (χ1v) is 11.1. The van der Waals surface area contributed by atoms with Crippen LogP contribution in [0.15, 0.2) is 36.4 Å². The van der Waals surface area contributed by atoms with Crippen LogP contribution in [0, 0.1) is 6.92 Å². The molecule has 0 radical (unpaired) electrons. The number of anilines is 1. The summed E-state index contributed by atoms with van der Waals surface area (Å²) in [4.78, 5) is 22.5. The van der Waals surface area contributed by atoms with Crippen molar-refractivity contribution in [1.82, 2.24) is 9.88 Å². The molecule has 1 saturated heterocycles. The number of morpholine rings is 1. The van der Waals surface area contributed by atoms with Gasteiger partial charge < -0.3 is 14.2 Å². The number of carbonyl (C=O) groups is 1. The Kier molecular flexibility index (Phi) is 6.70. The molecular formula is C23H27N3O4S. The van der Waals surface area contributed by atoms with E-state index in [1.54, 1.807) is 37.3 Å². The molecule has 0 N–H and O–H groups in total. The van der Waals surface area contributed by atoms with E-state index in [-0.39, 0.29) is 5.91 Å². The third kappa shape index (κ3) is 4.98. The number of aryl methyl sites for hydroxylation is 1. The second-order valence-corrected chi connectivity index (χ2v) is 8.49. The summed E-state index contributed by atoms with van der Waals surface area (Å²) >= 11 is 1.54. The highest BCUT2D eigenvalue weighted by molar-refractivity contribution is 7.22. The molecule has 1 fully saturated rings. The Morgan fingerprint density at radius 2 is 1.84 bits per heavy atom. The van der Waals surface area contributed by atoms with Crippen molar-refractivity contribution in [2.24, 2.45) is 0 Å². The number of methoxy groups -OCH3 is 2. The van der Waals surface area contributed by atoms with Gasteiger partial charge in [-0.15, -0.1) is 0 Å². The van der Waals surface area contributed by atoms with E-state index in [0.717, 1.165) is 43.1 Å². The third-order valence-electron chi connectivity index (χ3n) is 5.35. The number of nitrogens with zero attached hydrogens (tertiary/aromatic N) is 3. The summed E-state index contributed by atoms with van der Waals surface area (Å²) in [5.41, 5.74) is 2.58. The lowest BCUT2D eigenvalue weighted by Crippen LogP contribution is -2.43. The number of carbonyl (C=O) groups excluding carboxylic acids is 1. The summed E-state index contributed by atoms with van der Waals surface area (Å²) < 4.78 is 17.2. The maximum Gasteiger partial charge on any atom is 0.260 e. The largest absolute Gasteiger partial charge is 0.497 e. The topological polar surface area (TPSA) is 64.1 Å². The zero-order valence-corrected chi connectivity index (χ0v) is 18.9. The van der Waals surface area contributed by atoms with Crippen LogP contribution in [-0.4, -0.2) is 69.4 Å². The van der Waals surface area contributed by atoms with Gasteiger partial charge in [-0.2, -0.15) is 0 Å². The summed E-state index contributed by atoms with van der Waals surface area (Å²) in [6.07, 6.45) is 0. The van der Waals surface area contributed by atoms with Gasteiger partial charge in [-0.25, -0.2) is 4.98 Å². The second-order valence-electron chi connectivity index (χ2n) is 7.48. The first-order chi connectivity index (χ1) is 15.1. The van der Waals surface area contributed by atoms with E-state index >= 15 is 0 Å². The molecular weight excluding hydrogens is 414 g/mol. The van der Waals surface area contributed by atoms with E-state index < -0.39 is 0 Å². The zero-order chi connectivity index (χ0) is 21.8. The van der Waals surface area contributed by atoms with E-state index in [1.165, 1.54) is 16.9 Å². The Hall–Kier alpha value is -2.68. The van der Waals surface area contributed by atoms with Gasteiger partial charge in [0.2, 0.25) is 0 Å². The molecule has 4 rings (SSSR count). The van der Waals surface area contributed by atoms with Gasteiger partial charge in [-0.3, -0.25) is 14.6 Å². The molecule has 2 heterocycles. The molecule has 0 atom stereocenters. The highest BCUT2D eigenvalue weighted by Crippen LogP contribution is 2.31. The van der Waals surface area contributed by atoms with E-state index in [4.69, 9.17) is 19.2 Å². The van der Waals surface area contributed by atoms with Gasteiger partial charge in [0.05, 0.1) is 37.6 Å². The van der Waals surface area contributed by atoms with Gasteiger partial charge in [0.15, 0.2) is 5.13 Å². The van der Waals surface area contributed by atoms with Gasteiger partial charge in [-0.05, 0) is 36.8 Å². The number of thiazole rings is 1. The first kappa shape index (κ1) is 21.5. The fourth-order valence-corrected chi connectivity index (χ4v) is 4.66. The Morgan fingerprint density at radius 3 is 2.52 bits per heavy atom. The molecule has 1 amide bonds. The predicted octanol–water partition coefficient (Wildman–Crippen LogP) is 3.60. The van der Waals surface area contributed by atoms with Crippen LogP contribution in [0.25, 0.3) is 10.2 Å². The van der Waals surface area contributed by atoms with Gasteiger partial charge in [0, 0.05) is 37.8 Å². The molecule has 0 bridgehead atoms. The van der Waals surface area contributed by atoms with Crippen LogP contribution >= 0.6 is 11.3 Å². The number of hydrogen-bond donors (Lipinski definition) is 0. The fourth-order valence-electron chi connectivity index (χ4n) is 3.57. The molecule has 0 aliphatic carbocycles. The minimum atomic E-state index is -0.124. The van der Waals surface area contributed by atoms with Crippen LogP contribution in [0.3, 0.4) is 0 Å². The van der Waals surface area contributed by atoms with Crippen molar-refractivity contribution < 1.29 is 19.0 Å². The Balaban J connectivity index is 1.67. The SMILES string of the molecule is COc1cc(OC)cc(C(=O)N(CCN2CCOCC2)c2nc3ccc(C)cc3s2)c1. The molecule has 0 saturated carbocycles. The second kappa shape index (κ2) is 9.64. The average molecular weight is 442 g/mol. The molecule has 3 aromatic rings. The summed E-state index contributed by atoms with van der Waals surface area (Å²) in [6.45, 7) is 6.54. The lowest BCUT2D eigenvalue weighted by Gasteiger charge is -2.29. The monoisotopic (exact) mass is 441 g/mol. The van der Waals surface area contributed by atoms with Gasteiger partial charge >= 0.3 is 0 Å². The molecule has 1 aliphatic rings. The number of hydrogen-bond acceptors (Lipinski definition) is 7. The summed E-state index contributed by atoms with van der Waals surface area (Å²) in [5.74, 6) is 1.03. The predicted molar refractivity (Wildman–Crippen MR) is 123 cm³/mol. The summed E-state index contributed by atoms with van der Waals surface area (Å²) in [6, 6.07) is 11.4. The molecule has 7 nitrogen and oxygen atoms in total. The average Bonchev–Trinajstić information content (AvgIpc) is 3.22. The van der Waals surface area contributed by atoms with Crippen LogP contribution < -0.4 is 14.4 Å². The van der Waals surface area contributed by atoms with Crippen LogP contribution in [0.2, 0.25) is 0 Å². The Morgan fingerprint density at radius 1 is 1.13 bits per heavy atom. The maximum atomic E-state index is 13.6. The maximum absolute atomic E-state index is 13.6. The minimum absolute atomic E-state index is 0.124. The lowest BCUT2D eigenvalue weighted by molar-refractivity contribution is 0.0391. The Bertz CT molecular complexity index is 1040. The fraction of sp³-hybridized carbons (Fsp3) is 0.391. The van der Waals surface area contributed by atoms with Crippen molar-refractivity contribution in [3.05, 3.63) is 47.5 Å². The van der Waals surface area contributed by atoms with Gasteiger partial charge in [0.25, 0.3) is 5.91 Å². The standard InChI is InChI=1S/C23H27N3O4S/c1-16-4-5-20-21(12-16)31-23(24-20)26(7-6-25-8-10-30-11-9-25)22(27)17-13-18(28-2)15-19(14-17)29-3/h4-5,12-15H,6-11H2,1-3H3. The van der Waals surface area contributed by atoms with Crippen LogP contribution in [0.1, 0.15) is 15.9 Å². The van der Waals surface area contributed by atoms with Crippen molar-refractivity contribution in [2.75, 3.05) is 58.5 Å². The van der Waals surface area contributed by atoms with Gasteiger partial charge in [0.1, 0.15) is 11.5 Å². The van der Waals surface area contributed by atoms with Crippen LogP contribution in [0.5, 0.6) is 11.5 Å². The van der Waals surface area contributed by atoms with Gasteiger partial charge in [-0.1, -0.05) is 17.4 Å². The van der Waals surface area contributed by atoms with Crippen molar-refractivity contribution in [2.45, 2.75) is 6.92 Å². The number of aromatic nitrogens is 1. The number of fused-ring (bicyclic) bond motifs is 1. The van der Waals surface area contributed by atoms with Crippen molar-refractivity contribution in [3.63, 3.8) is 0 Å². The quantitative estimate of drug-likeness (QED) is 0.558. The van der Waals surface area contributed by atoms with Crippen molar-refractivity contribution in [1.29, 1.82) is 0 Å². The van der Waals surface area contributed by atoms with Crippen LogP contribution in [-0.2, 0) is 4.74 Å². The minimum Gasteiger partial charge on any atom is -0.497 e. The van der Waals surface area contributed by atoms with E-state index in [2.05, 4.69) is 17.9 Å². The Labute approximate surface area is 186 Å². The first-order valence-electron chi connectivity index (χ1n) is 10.3. The zero-order valence-electron chi connectivity index (χ0n) is 18.1. The lowest BCUT2D eigenvalue weighted by atomic mass is 10.1. The molecule has 0 unspecified atom stereocenters. The highest BCUT2D eigenvalue weighted by Gasteiger charge is 2.24. The van der Waals surface area contributed by atoms with E-state index in [1.807, 2.05) is 12.1 Å². The highest BCUT2D eigenvalue weighted by atomic mass is 32.1.